The number of aromatic nitrogens is 2. The van der Waals surface area contributed by atoms with E-state index in [4.69, 9.17) is 5.73 Å². The molecule has 0 bridgehead atoms. The van der Waals surface area contributed by atoms with Gasteiger partial charge >= 0.3 is 0 Å². The van der Waals surface area contributed by atoms with Gasteiger partial charge in [-0.15, -0.1) is 0 Å². The van der Waals surface area contributed by atoms with Crippen LogP contribution in [0.15, 0.2) is 6.07 Å². The lowest BCUT2D eigenvalue weighted by molar-refractivity contribution is 0.503. The van der Waals surface area contributed by atoms with Crippen LogP contribution in [0.25, 0.3) is 0 Å². The number of hydrogen-bond donors (Lipinski definition) is 1. The highest BCUT2D eigenvalue weighted by Crippen LogP contribution is 1.99. The molecule has 1 heterocycles. The van der Waals surface area contributed by atoms with E-state index in [1.165, 1.54) is 10.7 Å². The van der Waals surface area contributed by atoms with Gasteiger partial charge in [-0.2, -0.15) is 9.49 Å². The molecule has 4 heteroatoms. The SMILES string of the molecule is Cn1nc(CCN)cc1F. The maximum atomic E-state index is 12.5. The van der Waals surface area contributed by atoms with Crippen molar-refractivity contribution in [2.45, 2.75) is 6.42 Å². The van der Waals surface area contributed by atoms with Gasteiger partial charge in [-0.05, 0) is 6.54 Å². The van der Waals surface area contributed by atoms with Gasteiger partial charge in [-0.3, -0.25) is 0 Å². The van der Waals surface area contributed by atoms with E-state index < -0.39 is 0 Å². The minimum absolute atomic E-state index is 0.316. The predicted octanol–water partition coefficient (Wildman–Crippen LogP) is 0.0604. The van der Waals surface area contributed by atoms with E-state index in [1.807, 2.05) is 0 Å². The van der Waals surface area contributed by atoms with Crippen molar-refractivity contribution < 1.29 is 4.39 Å². The molecule has 0 fully saturated rings. The molecule has 0 atom stereocenters. The summed E-state index contributed by atoms with van der Waals surface area (Å²) in [5.41, 5.74) is 5.96. The van der Waals surface area contributed by atoms with Crippen molar-refractivity contribution in [1.82, 2.24) is 9.78 Å². The van der Waals surface area contributed by atoms with Gasteiger partial charge in [0.25, 0.3) is 0 Å². The van der Waals surface area contributed by atoms with Crippen molar-refractivity contribution in [1.29, 1.82) is 0 Å². The number of nitrogens with zero attached hydrogens (tertiary/aromatic N) is 2. The summed E-state index contributed by atoms with van der Waals surface area (Å²) in [6.45, 7) is 0.510. The molecule has 0 aliphatic carbocycles. The molecule has 0 aliphatic heterocycles. The lowest BCUT2D eigenvalue weighted by Crippen LogP contribution is -2.03. The first kappa shape index (κ1) is 7.21. The van der Waals surface area contributed by atoms with Gasteiger partial charge in [-0.25, -0.2) is 4.68 Å². The molecule has 0 aliphatic rings. The van der Waals surface area contributed by atoms with E-state index in [9.17, 15) is 4.39 Å². The molecule has 1 aromatic heterocycles. The third-order valence-electron chi connectivity index (χ3n) is 1.27. The predicted molar refractivity (Wildman–Crippen MR) is 35.9 cm³/mol. The van der Waals surface area contributed by atoms with Crippen LogP contribution in [-0.2, 0) is 13.5 Å². The molecule has 1 rings (SSSR count). The number of halogens is 1. The normalized spacial score (nSPS) is 10.3. The first-order valence-electron chi connectivity index (χ1n) is 3.12. The number of hydrogen-bond acceptors (Lipinski definition) is 2. The zero-order valence-corrected chi connectivity index (χ0v) is 5.84. The van der Waals surface area contributed by atoms with Crippen LogP contribution >= 0.6 is 0 Å². The Bertz CT molecular complexity index is 199. The first-order chi connectivity index (χ1) is 4.74. The zero-order valence-electron chi connectivity index (χ0n) is 5.84. The molecule has 1 aromatic rings. The number of rotatable bonds is 2. The lowest BCUT2D eigenvalue weighted by atomic mass is 10.3. The molecule has 3 nitrogen and oxygen atoms in total. The highest BCUT2D eigenvalue weighted by atomic mass is 19.1. The van der Waals surface area contributed by atoms with Gasteiger partial charge in [0.05, 0.1) is 5.69 Å². The largest absolute Gasteiger partial charge is 0.330 e. The minimum atomic E-state index is -0.316. The first-order valence-corrected chi connectivity index (χ1v) is 3.12. The van der Waals surface area contributed by atoms with Crippen LogP contribution in [0, 0.1) is 5.95 Å². The molecule has 0 radical (unpaired) electrons. The summed E-state index contributed by atoms with van der Waals surface area (Å²) in [5.74, 6) is -0.316. The summed E-state index contributed by atoms with van der Waals surface area (Å²) in [6.07, 6.45) is 0.637. The third kappa shape index (κ3) is 1.33. The Kier molecular flexibility index (Phi) is 2.01. The fourth-order valence-electron chi connectivity index (χ4n) is 0.770. The monoisotopic (exact) mass is 143 g/mol. The molecular formula is C6H10FN3. The van der Waals surface area contributed by atoms with E-state index in [0.717, 1.165) is 0 Å². The lowest BCUT2D eigenvalue weighted by Gasteiger charge is -1.87. The van der Waals surface area contributed by atoms with E-state index in [1.54, 1.807) is 7.05 Å². The van der Waals surface area contributed by atoms with Gasteiger partial charge < -0.3 is 5.73 Å². The molecule has 0 amide bonds. The summed E-state index contributed by atoms with van der Waals surface area (Å²) < 4.78 is 13.7. The van der Waals surface area contributed by atoms with Crippen LogP contribution in [-0.4, -0.2) is 16.3 Å². The molecule has 10 heavy (non-hydrogen) atoms. The van der Waals surface area contributed by atoms with Crippen LogP contribution in [0.2, 0.25) is 0 Å². The van der Waals surface area contributed by atoms with E-state index in [2.05, 4.69) is 5.10 Å². The number of nitrogens with two attached hydrogens (primary N) is 1. The molecule has 0 saturated carbocycles. The molecule has 0 spiro atoms. The van der Waals surface area contributed by atoms with E-state index in [-0.39, 0.29) is 5.95 Å². The van der Waals surface area contributed by atoms with Crippen LogP contribution in [0.4, 0.5) is 4.39 Å². The quantitative estimate of drug-likeness (QED) is 0.636. The van der Waals surface area contributed by atoms with Crippen molar-refractivity contribution in [3.8, 4) is 0 Å². The summed E-state index contributed by atoms with van der Waals surface area (Å²) in [5, 5.41) is 3.86. The minimum Gasteiger partial charge on any atom is -0.330 e. The second kappa shape index (κ2) is 2.79. The average Bonchev–Trinajstić information content (AvgIpc) is 2.14. The van der Waals surface area contributed by atoms with Crippen molar-refractivity contribution in [3.63, 3.8) is 0 Å². The summed E-state index contributed by atoms with van der Waals surface area (Å²) >= 11 is 0. The Hall–Kier alpha value is -0.900. The standard InChI is InChI=1S/C6H10FN3/c1-10-6(7)4-5(9-10)2-3-8/h4H,2-3,8H2,1H3. The van der Waals surface area contributed by atoms with Gasteiger partial charge in [0.15, 0.2) is 0 Å². The molecule has 0 saturated heterocycles. The maximum Gasteiger partial charge on any atom is 0.211 e. The second-order valence-electron chi connectivity index (χ2n) is 2.12. The summed E-state index contributed by atoms with van der Waals surface area (Å²) in [6, 6.07) is 1.40. The molecule has 0 aromatic carbocycles. The highest BCUT2D eigenvalue weighted by Gasteiger charge is 2.01. The van der Waals surface area contributed by atoms with Gasteiger partial charge in [0, 0.05) is 19.5 Å². The fraction of sp³-hybridized carbons (Fsp3) is 0.500. The maximum absolute atomic E-state index is 12.5. The highest BCUT2D eigenvalue weighted by molar-refractivity contribution is 5.00. The van der Waals surface area contributed by atoms with E-state index in [0.29, 0.717) is 18.7 Å². The van der Waals surface area contributed by atoms with E-state index >= 15 is 0 Å². The fourth-order valence-corrected chi connectivity index (χ4v) is 0.770. The Labute approximate surface area is 58.6 Å². The van der Waals surface area contributed by atoms with Crippen LogP contribution in [0.1, 0.15) is 5.69 Å². The van der Waals surface area contributed by atoms with Gasteiger partial charge in [-0.1, -0.05) is 0 Å². The topological polar surface area (TPSA) is 43.8 Å². The van der Waals surface area contributed by atoms with Gasteiger partial charge in [0.1, 0.15) is 0 Å². The molecule has 0 unspecified atom stereocenters. The van der Waals surface area contributed by atoms with Crippen molar-refractivity contribution in [2.75, 3.05) is 6.54 Å². The molecular weight excluding hydrogens is 133 g/mol. The third-order valence-corrected chi connectivity index (χ3v) is 1.27. The smallest absolute Gasteiger partial charge is 0.211 e. The van der Waals surface area contributed by atoms with Crippen LogP contribution in [0.3, 0.4) is 0 Å². The Morgan fingerprint density at radius 2 is 2.50 bits per heavy atom. The zero-order chi connectivity index (χ0) is 7.56. The van der Waals surface area contributed by atoms with Crippen molar-refractivity contribution in [2.24, 2.45) is 12.8 Å². The molecule has 2 N–H and O–H groups in total. The number of aryl methyl sites for hydroxylation is 1. The van der Waals surface area contributed by atoms with Crippen molar-refractivity contribution >= 4 is 0 Å². The van der Waals surface area contributed by atoms with Crippen LogP contribution < -0.4 is 5.73 Å². The average molecular weight is 143 g/mol. The molecule has 56 valence electrons. The Morgan fingerprint density at radius 1 is 1.80 bits per heavy atom. The summed E-state index contributed by atoms with van der Waals surface area (Å²) in [4.78, 5) is 0. The summed E-state index contributed by atoms with van der Waals surface area (Å²) in [7, 11) is 1.56. The Morgan fingerprint density at radius 3 is 2.90 bits per heavy atom. The van der Waals surface area contributed by atoms with Crippen molar-refractivity contribution in [3.05, 3.63) is 17.7 Å². The van der Waals surface area contributed by atoms with Crippen LogP contribution in [0.5, 0.6) is 0 Å². The Balaban J connectivity index is 2.77. The van der Waals surface area contributed by atoms with Gasteiger partial charge in [0.2, 0.25) is 5.95 Å². The second-order valence-corrected chi connectivity index (χ2v) is 2.12.